The summed E-state index contributed by atoms with van der Waals surface area (Å²) in [5.41, 5.74) is 5.14. The third-order valence-electron chi connectivity index (χ3n) is 1.44. The van der Waals surface area contributed by atoms with Gasteiger partial charge in [-0.05, 0) is 6.42 Å². The van der Waals surface area contributed by atoms with Gasteiger partial charge in [0.1, 0.15) is 6.04 Å². The van der Waals surface area contributed by atoms with Crippen molar-refractivity contribution in [2.45, 2.75) is 31.9 Å². The zero-order valence-corrected chi connectivity index (χ0v) is 7.10. The van der Waals surface area contributed by atoms with Gasteiger partial charge in [0.15, 0.2) is 0 Å². The number of nitrogens with two attached hydrogens (primary N) is 1. The fourth-order valence-electron chi connectivity index (χ4n) is 0.668. The van der Waals surface area contributed by atoms with E-state index in [9.17, 15) is 4.79 Å². The largest absolute Gasteiger partial charge is 0.480 e. The molecule has 0 spiro atoms. The van der Waals surface area contributed by atoms with Gasteiger partial charge in [0, 0.05) is 0 Å². The number of unbranched alkanes of at least 4 members (excludes halogenated alkanes) is 1. The van der Waals surface area contributed by atoms with Crippen LogP contribution in [0.4, 0.5) is 0 Å². The summed E-state index contributed by atoms with van der Waals surface area (Å²) in [5, 5.41) is 17.5. The summed E-state index contributed by atoms with van der Waals surface area (Å²) in [6.07, 6.45) is 3.85. The van der Waals surface area contributed by atoms with Crippen molar-refractivity contribution in [3.63, 3.8) is 0 Å². The molecule has 2 unspecified atom stereocenters. The molecule has 0 amide bonds. The van der Waals surface area contributed by atoms with E-state index < -0.39 is 18.1 Å². The van der Waals surface area contributed by atoms with Crippen molar-refractivity contribution in [1.82, 2.24) is 0 Å². The lowest BCUT2D eigenvalue weighted by Crippen LogP contribution is -2.40. The Morgan fingerprint density at radius 2 is 2.25 bits per heavy atom. The van der Waals surface area contributed by atoms with Crippen LogP contribution < -0.4 is 5.73 Å². The lowest BCUT2D eigenvalue weighted by molar-refractivity contribution is -0.140. The Morgan fingerprint density at radius 1 is 1.67 bits per heavy atom. The highest BCUT2D eigenvalue weighted by atomic mass is 16.4. The Kier molecular flexibility index (Phi) is 5.32. The summed E-state index contributed by atoms with van der Waals surface area (Å²) < 4.78 is 0. The number of allylic oxidation sites excluding steroid dienone is 1. The van der Waals surface area contributed by atoms with Crippen molar-refractivity contribution in [3.05, 3.63) is 12.2 Å². The lowest BCUT2D eigenvalue weighted by Gasteiger charge is -2.09. The van der Waals surface area contributed by atoms with Crippen LogP contribution >= 0.6 is 0 Å². The first kappa shape index (κ1) is 11.1. The molecule has 0 rings (SSSR count). The summed E-state index contributed by atoms with van der Waals surface area (Å²) >= 11 is 0. The molecule has 4 N–H and O–H groups in total. The molecule has 0 aromatic carbocycles. The van der Waals surface area contributed by atoms with E-state index in [1.165, 1.54) is 6.08 Å². The number of hydrogen-bond donors (Lipinski definition) is 3. The molecule has 0 saturated heterocycles. The average Bonchev–Trinajstić information content (AvgIpc) is 2.03. The van der Waals surface area contributed by atoms with E-state index in [2.05, 4.69) is 0 Å². The fourth-order valence-corrected chi connectivity index (χ4v) is 0.668. The molecule has 70 valence electrons. The predicted octanol–water partition coefficient (Wildman–Crippen LogP) is 0.116. The van der Waals surface area contributed by atoms with E-state index >= 15 is 0 Å². The highest BCUT2D eigenvalue weighted by Gasteiger charge is 2.18. The number of carboxylic acid groups (broad SMARTS) is 1. The number of aliphatic carboxylic acids is 1. The molecule has 0 bridgehead atoms. The molecule has 12 heavy (non-hydrogen) atoms. The minimum Gasteiger partial charge on any atom is -0.480 e. The van der Waals surface area contributed by atoms with E-state index in [4.69, 9.17) is 15.9 Å². The minimum absolute atomic E-state index is 0.823. The van der Waals surface area contributed by atoms with Crippen LogP contribution in [0.5, 0.6) is 0 Å². The van der Waals surface area contributed by atoms with E-state index in [1.54, 1.807) is 6.08 Å². The van der Waals surface area contributed by atoms with Crippen LogP contribution in [0.3, 0.4) is 0 Å². The van der Waals surface area contributed by atoms with Crippen LogP contribution in [0, 0.1) is 0 Å². The number of carbonyl (C=O) groups is 1. The molecule has 0 aliphatic carbocycles. The second-order valence-corrected chi connectivity index (χ2v) is 2.57. The summed E-state index contributed by atoms with van der Waals surface area (Å²) in [6.45, 7) is 1.99. The number of aliphatic hydroxyl groups excluding tert-OH is 1. The van der Waals surface area contributed by atoms with Crippen molar-refractivity contribution in [1.29, 1.82) is 0 Å². The normalized spacial score (nSPS) is 16.2. The Morgan fingerprint density at radius 3 is 2.67 bits per heavy atom. The molecule has 0 fully saturated rings. The Balaban J connectivity index is 3.85. The van der Waals surface area contributed by atoms with Crippen molar-refractivity contribution in [3.8, 4) is 0 Å². The molecule has 0 saturated carbocycles. The number of aliphatic hydroxyl groups is 1. The molecule has 4 heteroatoms. The lowest BCUT2D eigenvalue weighted by atomic mass is 10.1. The van der Waals surface area contributed by atoms with Crippen LogP contribution in [0.2, 0.25) is 0 Å². The second-order valence-electron chi connectivity index (χ2n) is 2.57. The number of rotatable bonds is 5. The van der Waals surface area contributed by atoms with Gasteiger partial charge in [-0.2, -0.15) is 0 Å². The van der Waals surface area contributed by atoms with Gasteiger partial charge >= 0.3 is 5.97 Å². The molecule has 2 atom stereocenters. The van der Waals surface area contributed by atoms with Gasteiger partial charge in [0.25, 0.3) is 0 Å². The van der Waals surface area contributed by atoms with Crippen LogP contribution in [-0.2, 0) is 4.79 Å². The maximum atomic E-state index is 10.3. The fraction of sp³-hybridized carbons (Fsp3) is 0.625. The summed E-state index contributed by atoms with van der Waals surface area (Å²) in [6, 6.07) is -1.22. The van der Waals surface area contributed by atoms with Crippen molar-refractivity contribution in [2.24, 2.45) is 5.73 Å². The first-order valence-electron chi connectivity index (χ1n) is 3.92. The zero-order valence-electron chi connectivity index (χ0n) is 7.10. The van der Waals surface area contributed by atoms with Gasteiger partial charge in [-0.15, -0.1) is 0 Å². The number of hydrogen-bond acceptors (Lipinski definition) is 3. The first-order chi connectivity index (χ1) is 5.59. The summed E-state index contributed by atoms with van der Waals surface area (Å²) in [4.78, 5) is 10.3. The Bertz CT molecular complexity index is 168. The average molecular weight is 173 g/mol. The highest BCUT2D eigenvalue weighted by Crippen LogP contribution is 1.96. The van der Waals surface area contributed by atoms with Crippen LogP contribution in [-0.4, -0.2) is 28.3 Å². The molecule has 0 aromatic rings. The molecular weight excluding hydrogens is 158 g/mol. The van der Waals surface area contributed by atoms with Crippen LogP contribution in [0.25, 0.3) is 0 Å². The number of carboxylic acids is 1. The van der Waals surface area contributed by atoms with Gasteiger partial charge < -0.3 is 15.9 Å². The van der Waals surface area contributed by atoms with E-state index in [0.29, 0.717) is 0 Å². The summed E-state index contributed by atoms with van der Waals surface area (Å²) in [7, 11) is 0. The van der Waals surface area contributed by atoms with Gasteiger partial charge in [-0.3, -0.25) is 4.79 Å². The van der Waals surface area contributed by atoms with Crippen LogP contribution in [0.1, 0.15) is 19.8 Å². The van der Waals surface area contributed by atoms with E-state index in [0.717, 1.165) is 12.8 Å². The second kappa shape index (κ2) is 5.74. The smallest absolute Gasteiger partial charge is 0.323 e. The highest BCUT2D eigenvalue weighted by molar-refractivity contribution is 5.74. The van der Waals surface area contributed by atoms with E-state index in [-0.39, 0.29) is 0 Å². The van der Waals surface area contributed by atoms with Crippen molar-refractivity contribution >= 4 is 5.97 Å². The van der Waals surface area contributed by atoms with Gasteiger partial charge in [0.05, 0.1) is 6.10 Å². The van der Waals surface area contributed by atoms with Crippen LogP contribution in [0.15, 0.2) is 12.2 Å². The summed E-state index contributed by atoms with van der Waals surface area (Å²) in [5.74, 6) is -1.19. The van der Waals surface area contributed by atoms with Gasteiger partial charge in [-0.1, -0.05) is 25.5 Å². The standard InChI is InChI=1S/C8H15NO3/c1-2-3-4-5-6(10)7(9)8(11)12/h4-7,10H,2-3,9H2,1H3,(H,11,12)/b5-4+. The quantitative estimate of drug-likeness (QED) is 0.515. The minimum atomic E-state index is -1.22. The zero-order chi connectivity index (χ0) is 9.56. The molecule has 0 aromatic heterocycles. The first-order valence-corrected chi connectivity index (χ1v) is 3.92. The monoisotopic (exact) mass is 173 g/mol. The molecular formula is C8H15NO3. The van der Waals surface area contributed by atoms with Gasteiger partial charge in [-0.25, -0.2) is 0 Å². The van der Waals surface area contributed by atoms with Gasteiger partial charge in [0.2, 0.25) is 0 Å². The topological polar surface area (TPSA) is 83.5 Å². The Labute approximate surface area is 71.7 Å². The molecule has 0 radical (unpaired) electrons. The Hall–Kier alpha value is -0.870. The van der Waals surface area contributed by atoms with Crippen molar-refractivity contribution < 1.29 is 15.0 Å². The maximum Gasteiger partial charge on any atom is 0.323 e. The van der Waals surface area contributed by atoms with E-state index in [1.807, 2.05) is 6.92 Å². The maximum absolute atomic E-state index is 10.3. The SMILES string of the molecule is CCC/C=C/C(O)C(N)C(=O)O. The molecule has 0 heterocycles. The third-order valence-corrected chi connectivity index (χ3v) is 1.44. The molecule has 4 nitrogen and oxygen atoms in total. The predicted molar refractivity (Wildman–Crippen MR) is 45.7 cm³/mol. The third kappa shape index (κ3) is 4.10. The molecule has 0 aliphatic rings. The molecule has 0 aliphatic heterocycles. The van der Waals surface area contributed by atoms with Crippen molar-refractivity contribution in [2.75, 3.05) is 0 Å².